The number of carbonyl (C=O) groups excluding carboxylic acids is 1. The van der Waals surface area contributed by atoms with E-state index in [0.717, 1.165) is 66.1 Å². The summed E-state index contributed by atoms with van der Waals surface area (Å²) in [6.45, 7) is 3.26. The third-order valence-electron chi connectivity index (χ3n) is 7.26. The molecule has 186 valence electrons. The predicted molar refractivity (Wildman–Crippen MR) is 142 cm³/mol. The molecular weight excluding hydrogens is 450 g/mol. The van der Waals surface area contributed by atoms with E-state index in [-0.39, 0.29) is 17.7 Å². The van der Waals surface area contributed by atoms with E-state index in [4.69, 9.17) is 15.5 Å². The fraction of sp³-hybridized carbons (Fsp3) is 0.345. The number of hydrogen-bond acceptors (Lipinski definition) is 5. The lowest BCUT2D eigenvalue weighted by molar-refractivity contribution is -0.135. The zero-order valence-corrected chi connectivity index (χ0v) is 20.9. The number of benzene rings is 2. The van der Waals surface area contributed by atoms with Crippen molar-refractivity contribution < 1.29 is 9.53 Å². The van der Waals surface area contributed by atoms with E-state index >= 15 is 0 Å². The first-order valence-corrected chi connectivity index (χ1v) is 12.7. The number of imidazole rings is 1. The standard InChI is InChI=1S/C29H33N5O2/c1-3-33(2)29(35)22-14-12-21(13-15-22)28-32-25(26-27(30)31-16-17-34(26)28)23-10-7-11-24(18-23)36-19-20-8-5-4-6-9-20/h4-11,16-18,21-22H,3,12-15,19H2,1-2H3,(H2,30,31). The summed E-state index contributed by atoms with van der Waals surface area (Å²) in [4.78, 5) is 24.0. The minimum atomic E-state index is 0.0991. The van der Waals surface area contributed by atoms with Gasteiger partial charge in [-0.2, -0.15) is 0 Å². The second-order valence-corrected chi connectivity index (χ2v) is 9.55. The van der Waals surface area contributed by atoms with Crippen LogP contribution in [0.2, 0.25) is 0 Å². The van der Waals surface area contributed by atoms with Crippen molar-refractivity contribution >= 4 is 17.2 Å². The lowest BCUT2D eigenvalue weighted by Crippen LogP contribution is -2.34. The number of amides is 1. The largest absolute Gasteiger partial charge is 0.489 e. The van der Waals surface area contributed by atoms with Crippen LogP contribution in [0, 0.1) is 5.92 Å². The molecule has 0 aliphatic heterocycles. The van der Waals surface area contributed by atoms with Gasteiger partial charge in [0, 0.05) is 43.4 Å². The third kappa shape index (κ3) is 4.78. The van der Waals surface area contributed by atoms with Crippen molar-refractivity contribution in [1.82, 2.24) is 19.3 Å². The number of ether oxygens (including phenoxy) is 1. The number of rotatable bonds is 7. The predicted octanol–water partition coefficient (Wildman–Crippen LogP) is 5.31. The molecule has 7 heteroatoms. The molecule has 4 aromatic rings. The number of fused-ring (bicyclic) bond motifs is 1. The molecule has 7 nitrogen and oxygen atoms in total. The molecule has 2 N–H and O–H groups in total. The van der Waals surface area contributed by atoms with E-state index in [0.29, 0.717) is 12.4 Å². The van der Waals surface area contributed by atoms with Gasteiger partial charge in [-0.1, -0.05) is 42.5 Å². The topological polar surface area (TPSA) is 85.8 Å². The van der Waals surface area contributed by atoms with Crippen molar-refractivity contribution in [3.05, 3.63) is 78.4 Å². The molecule has 1 saturated carbocycles. The number of nitrogen functional groups attached to an aromatic ring is 1. The monoisotopic (exact) mass is 483 g/mol. The van der Waals surface area contributed by atoms with Crippen LogP contribution in [0.4, 0.5) is 5.82 Å². The van der Waals surface area contributed by atoms with Crippen LogP contribution in [0.1, 0.15) is 49.9 Å². The molecule has 1 aliphatic carbocycles. The Bertz CT molecular complexity index is 1340. The molecule has 5 rings (SSSR count). The summed E-state index contributed by atoms with van der Waals surface area (Å²) in [6, 6.07) is 18.1. The summed E-state index contributed by atoms with van der Waals surface area (Å²) in [5, 5.41) is 0. The van der Waals surface area contributed by atoms with Gasteiger partial charge in [0.25, 0.3) is 0 Å². The first-order valence-electron chi connectivity index (χ1n) is 12.7. The second kappa shape index (κ2) is 10.4. The van der Waals surface area contributed by atoms with Gasteiger partial charge < -0.3 is 15.4 Å². The fourth-order valence-electron chi connectivity index (χ4n) is 5.12. The Labute approximate surface area is 211 Å². The molecule has 1 amide bonds. The maximum atomic E-state index is 12.7. The second-order valence-electron chi connectivity index (χ2n) is 9.55. The first kappa shape index (κ1) is 23.9. The van der Waals surface area contributed by atoms with Crippen LogP contribution in [0.3, 0.4) is 0 Å². The summed E-state index contributed by atoms with van der Waals surface area (Å²) in [6.07, 6.45) is 7.27. The van der Waals surface area contributed by atoms with Crippen LogP contribution in [0.25, 0.3) is 16.8 Å². The Hall–Kier alpha value is -3.87. The summed E-state index contributed by atoms with van der Waals surface area (Å²) in [5.41, 5.74) is 10.1. The van der Waals surface area contributed by atoms with E-state index in [9.17, 15) is 4.79 Å². The van der Waals surface area contributed by atoms with Crippen molar-refractivity contribution in [1.29, 1.82) is 0 Å². The number of hydrogen-bond donors (Lipinski definition) is 1. The van der Waals surface area contributed by atoms with E-state index in [1.165, 1.54) is 0 Å². The highest BCUT2D eigenvalue weighted by molar-refractivity contribution is 5.85. The van der Waals surface area contributed by atoms with Crippen LogP contribution in [0.15, 0.2) is 67.0 Å². The number of carbonyl (C=O) groups is 1. The number of anilines is 1. The average molecular weight is 484 g/mol. The van der Waals surface area contributed by atoms with Gasteiger partial charge in [0.1, 0.15) is 35.2 Å². The molecule has 2 aromatic carbocycles. The highest BCUT2D eigenvalue weighted by Gasteiger charge is 2.31. The lowest BCUT2D eigenvalue weighted by Gasteiger charge is -2.29. The van der Waals surface area contributed by atoms with Gasteiger partial charge in [-0.15, -0.1) is 0 Å². The third-order valence-corrected chi connectivity index (χ3v) is 7.26. The molecule has 2 aromatic heterocycles. The van der Waals surface area contributed by atoms with Crippen molar-refractivity contribution in [2.45, 2.75) is 45.1 Å². The molecular formula is C29H33N5O2. The quantitative estimate of drug-likeness (QED) is 0.385. The molecule has 2 heterocycles. The van der Waals surface area contributed by atoms with Gasteiger partial charge in [-0.25, -0.2) is 9.97 Å². The number of nitrogens with two attached hydrogens (primary N) is 1. The van der Waals surface area contributed by atoms with E-state index in [2.05, 4.69) is 9.38 Å². The van der Waals surface area contributed by atoms with E-state index < -0.39 is 0 Å². The van der Waals surface area contributed by atoms with Gasteiger partial charge in [0.15, 0.2) is 0 Å². The SMILES string of the molecule is CCN(C)C(=O)C1CCC(c2nc(-c3cccc(OCc4ccccc4)c3)c3c(N)nccn23)CC1. The Morgan fingerprint density at radius 3 is 2.64 bits per heavy atom. The van der Waals surface area contributed by atoms with Crippen molar-refractivity contribution in [2.24, 2.45) is 5.92 Å². The molecule has 0 saturated heterocycles. The summed E-state index contributed by atoms with van der Waals surface area (Å²) >= 11 is 0. The molecule has 36 heavy (non-hydrogen) atoms. The van der Waals surface area contributed by atoms with Gasteiger partial charge in [0.2, 0.25) is 5.91 Å². The van der Waals surface area contributed by atoms with Crippen molar-refractivity contribution in [2.75, 3.05) is 19.3 Å². The minimum Gasteiger partial charge on any atom is -0.489 e. The first-order chi connectivity index (χ1) is 17.5. The number of nitrogens with zero attached hydrogens (tertiary/aromatic N) is 4. The Kier molecular flexibility index (Phi) is 6.89. The normalized spacial score (nSPS) is 17.7. The van der Waals surface area contributed by atoms with Crippen LogP contribution in [-0.2, 0) is 11.4 Å². The average Bonchev–Trinajstić information content (AvgIpc) is 3.33. The smallest absolute Gasteiger partial charge is 0.225 e. The van der Waals surface area contributed by atoms with Gasteiger partial charge in [-0.05, 0) is 50.3 Å². The maximum Gasteiger partial charge on any atom is 0.225 e. The van der Waals surface area contributed by atoms with Crippen molar-refractivity contribution in [3.8, 4) is 17.0 Å². The molecule has 0 atom stereocenters. The van der Waals surface area contributed by atoms with Crippen molar-refractivity contribution in [3.63, 3.8) is 0 Å². The highest BCUT2D eigenvalue weighted by Crippen LogP contribution is 2.39. The molecule has 0 spiro atoms. The molecule has 0 radical (unpaired) electrons. The lowest BCUT2D eigenvalue weighted by atomic mass is 9.81. The fourth-order valence-corrected chi connectivity index (χ4v) is 5.12. The van der Waals surface area contributed by atoms with Gasteiger partial charge in [-0.3, -0.25) is 9.20 Å². The Balaban J connectivity index is 1.41. The molecule has 0 unspecified atom stereocenters. The molecule has 1 fully saturated rings. The highest BCUT2D eigenvalue weighted by atomic mass is 16.5. The summed E-state index contributed by atoms with van der Waals surface area (Å²) in [5.74, 6) is 2.84. The number of aromatic nitrogens is 3. The molecule has 0 bridgehead atoms. The van der Waals surface area contributed by atoms with Crippen LogP contribution in [-0.4, -0.2) is 38.8 Å². The Morgan fingerprint density at radius 1 is 1.11 bits per heavy atom. The summed E-state index contributed by atoms with van der Waals surface area (Å²) < 4.78 is 8.15. The van der Waals surface area contributed by atoms with E-state index in [1.54, 1.807) is 6.20 Å². The van der Waals surface area contributed by atoms with E-state index in [1.807, 2.05) is 79.7 Å². The van der Waals surface area contributed by atoms with Gasteiger partial charge in [0.05, 0.1) is 0 Å². The zero-order chi connectivity index (χ0) is 25.1. The van der Waals surface area contributed by atoms with Gasteiger partial charge >= 0.3 is 0 Å². The van der Waals surface area contributed by atoms with Crippen LogP contribution >= 0.6 is 0 Å². The van der Waals surface area contributed by atoms with Crippen LogP contribution in [0.5, 0.6) is 5.75 Å². The summed E-state index contributed by atoms with van der Waals surface area (Å²) in [7, 11) is 1.89. The maximum absolute atomic E-state index is 12.7. The molecule has 1 aliphatic rings. The zero-order valence-electron chi connectivity index (χ0n) is 20.9. The Morgan fingerprint density at radius 2 is 1.89 bits per heavy atom. The van der Waals surface area contributed by atoms with Crippen LogP contribution < -0.4 is 10.5 Å². The minimum absolute atomic E-state index is 0.0991.